The number of carbonyl (C=O) groups is 8. The highest BCUT2D eigenvalue weighted by Gasteiger charge is 2.61. The number of aliphatic hydroxyl groups is 6. The first kappa shape index (κ1) is 97.1. The van der Waals surface area contributed by atoms with E-state index in [2.05, 4.69) is 99.5 Å². The van der Waals surface area contributed by atoms with Gasteiger partial charge in [0.15, 0.2) is 0 Å². The summed E-state index contributed by atoms with van der Waals surface area (Å²) in [5, 5.41) is 97.6. The van der Waals surface area contributed by atoms with Gasteiger partial charge in [0.05, 0.1) is 63.3 Å². The van der Waals surface area contributed by atoms with Crippen molar-refractivity contribution in [3.05, 3.63) is 179 Å². The van der Waals surface area contributed by atoms with Gasteiger partial charge in [-0.25, -0.2) is 4.79 Å². The molecule has 3 saturated heterocycles. The van der Waals surface area contributed by atoms with Crippen LogP contribution in [0.2, 0.25) is 0 Å². The van der Waals surface area contributed by atoms with E-state index in [1.165, 1.54) is 33.1 Å². The van der Waals surface area contributed by atoms with Crippen molar-refractivity contribution in [1.82, 2.24) is 52.4 Å². The van der Waals surface area contributed by atoms with E-state index in [4.69, 9.17) is 14.5 Å². The highest BCUT2D eigenvalue weighted by molar-refractivity contribution is 5.96. The number of rotatable bonds is 30. The van der Waals surface area contributed by atoms with Crippen LogP contribution >= 0.6 is 0 Å². The fourth-order valence-corrected chi connectivity index (χ4v) is 23.1. The zero-order valence-corrected chi connectivity index (χ0v) is 77.0. The Bertz CT molecular complexity index is 4770. The Hall–Kier alpha value is -9.40. The SMILES string of the molecule is CC(=O)NCCNC(=O)c1cccc(-c2cccc(CN3O[C@@H](CO)[C@@H]([C@H](C)O)[C@H]3C(=O)N[C@H]3C[C@H]4C[C@@H]([C@@H]3C)C4(C)C)c2)c1.CC(=O)NCCNC(=O)c1cccc(-c2cccc(CN3O[C@@H](CO)[C@@H]([C@H](C)O)[C@H]3C(=O)N[C@H]3C[C@H]4C[C@@H]([C@@H]3C)C4(C)C)c2)c1.C[C@@H]1[C@@H](NC(=O)[C@@H]2[C@H]([C@H](C)O)[C@H](CO)ON2Cc2cccc(-c3cccc(C(=O)O)c3)c2)C[C@H]2C[C@@H]1C2(C)C. The van der Waals surface area contributed by atoms with Gasteiger partial charge in [-0.2, -0.15) is 15.2 Å². The Morgan fingerprint density at radius 3 is 0.884 bits per heavy atom. The molecule has 129 heavy (non-hydrogen) atoms. The first-order valence-corrected chi connectivity index (χ1v) is 46.3. The third-order valence-corrected chi connectivity index (χ3v) is 30.9. The van der Waals surface area contributed by atoms with Crippen molar-refractivity contribution >= 4 is 47.3 Å². The summed E-state index contributed by atoms with van der Waals surface area (Å²) in [6.45, 7) is 29.7. The van der Waals surface area contributed by atoms with E-state index in [9.17, 15) is 74.1 Å². The van der Waals surface area contributed by atoms with E-state index in [0.717, 1.165) is 69.3 Å². The predicted octanol–water partition coefficient (Wildman–Crippen LogP) is 9.47. The molecule has 12 fully saturated rings. The molecular formula is C101H136N10O18. The van der Waals surface area contributed by atoms with Gasteiger partial charge in [0.25, 0.3) is 11.8 Å². The maximum absolute atomic E-state index is 14.0. The third-order valence-electron chi connectivity index (χ3n) is 30.9. The Kier molecular flexibility index (Phi) is 31.0. The quantitative estimate of drug-likeness (QED) is 0.0187. The number of aromatic carboxylic acids is 1. The van der Waals surface area contributed by atoms with Crippen LogP contribution in [-0.2, 0) is 58.1 Å². The van der Waals surface area contributed by atoms with E-state index in [0.29, 0.717) is 107 Å². The maximum Gasteiger partial charge on any atom is 0.335 e. The van der Waals surface area contributed by atoms with Gasteiger partial charge in [-0.3, -0.25) is 48.1 Å². The molecule has 24 atom stereocenters. The monoisotopic (exact) mass is 1780 g/mol. The van der Waals surface area contributed by atoms with Crippen LogP contribution in [-0.4, -0.2) is 217 Å². The van der Waals surface area contributed by atoms with E-state index < -0.39 is 78.5 Å². The van der Waals surface area contributed by atoms with Crippen LogP contribution in [0, 0.1) is 87.3 Å². The summed E-state index contributed by atoms with van der Waals surface area (Å²) >= 11 is 0. The van der Waals surface area contributed by atoms with Gasteiger partial charge < -0.3 is 73.0 Å². The molecule has 6 aromatic rings. The van der Waals surface area contributed by atoms with Crippen LogP contribution < -0.4 is 37.2 Å². The molecule has 0 radical (unpaired) electrons. The second kappa shape index (κ2) is 41.2. The number of amides is 7. The summed E-state index contributed by atoms with van der Waals surface area (Å²) in [6.07, 6.45) is 1.78. The topological polar surface area (TPSA) is 400 Å². The average molecular weight is 1780 g/mol. The van der Waals surface area contributed by atoms with Crippen molar-refractivity contribution in [2.75, 3.05) is 46.0 Å². The van der Waals surface area contributed by atoms with Gasteiger partial charge in [-0.15, -0.1) is 0 Å². The summed E-state index contributed by atoms with van der Waals surface area (Å²) < 4.78 is 0. The standard InChI is InChI=1S/2C35H48N4O6.C31H40N2O6/c2*1-20-28-16-27(35(28,4)5)17-29(20)38-34(44)32-31(21(2)41)30(19-40)45-39(32)18-23-8-6-9-24(14-23)25-10-7-11-26(15-25)33(43)37-13-12-36-22(3)42;1-17-24-13-23(31(24,3)4)14-25(17)32-29(36)28-27(18(2)35)26(16-34)39-33(28)15-19-7-5-8-20(11-19)21-9-6-10-22(12-21)30(37)38/h2*6-11,14-15,20-21,27-32,40-41H,12-13,16-19H2,1-5H3,(H,36,42)(H,37,43)(H,38,44);5-12,17-18,23-28,34-35H,13-16H2,1-4H3,(H,32,36)(H,37,38)/t2*20-,21-,27+,28-,29-,30-,31+,32-;17-,18-,23+,24-,25-,26-,27+,28-/m000/s1. The first-order valence-electron chi connectivity index (χ1n) is 46.3. The number of nitrogens with zero attached hydrogens (tertiary/aromatic N) is 3. The lowest BCUT2D eigenvalue weighted by Crippen LogP contribution is -2.62. The van der Waals surface area contributed by atoms with Crippen LogP contribution in [0.4, 0.5) is 0 Å². The normalized spacial score (nSPS) is 30.2. The molecule has 7 amide bonds. The lowest BCUT2D eigenvalue weighted by atomic mass is 9.45. The minimum Gasteiger partial charge on any atom is -0.478 e. The molecule has 9 aliphatic carbocycles. The number of carboxylic acid groups (broad SMARTS) is 1. The molecule has 6 bridgehead atoms. The predicted molar refractivity (Wildman–Crippen MR) is 487 cm³/mol. The molecule has 3 heterocycles. The summed E-state index contributed by atoms with van der Waals surface area (Å²) in [7, 11) is 0. The number of fused-ring (bicyclic) bond motifs is 6. The Morgan fingerprint density at radius 1 is 0.380 bits per heavy atom. The molecule has 28 heteroatoms. The lowest BCUT2D eigenvalue weighted by molar-refractivity contribution is -0.183. The molecule has 0 aromatic heterocycles. The van der Waals surface area contributed by atoms with Crippen molar-refractivity contribution in [3.8, 4) is 33.4 Å². The molecule has 3 aliphatic heterocycles. The van der Waals surface area contributed by atoms with Crippen LogP contribution in [0.15, 0.2) is 146 Å². The van der Waals surface area contributed by atoms with Crippen molar-refractivity contribution in [3.63, 3.8) is 0 Å². The largest absolute Gasteiger partial charge is 0.478 e. The number of carbonyl (C=O) groups excluding carboxylic acids is 7. The van der Waals surface area contributed by atoms with Crippen molar-refractivity contribution in [2.24, 2.45) is 87.3 Å². The molecule has 6 aromatic carbocycles. The minimum absolute atomic E-state index is 0.0668. The van der Waals surface area contributed by atoms with Crippen LogP contribution in [0.1, 0.15) is 183 Å². The van der Waals surface area contributed by atoms with Gasteiger partial charge in [0.1, 0.15) is 36.4 Å². The number of hydroxylamine groups is 6. The molecule has 18 rings (SSSR count). The molecule has 28 nitrogen and oxygen atoms in total. The highest BCUT2D eigenvalue weighted by atomic mass is 16.7. The van der Waals surface area contributed by atoms with Crippen LogP contribution in [0.3, 0.4) is 0 Å². The number of aliphatic hydroxyl groups excluding tert-OH is 6. The molecule has 0 unspecified atom stereocenters. The van der Waals surface area contributed by atoms with Crippen molar-refractivity contribution in [2.45, 2.75) is 228 Å². The number of benzene rings is 6. The number of nitrogens with one attached hydrogen (secondary N) is 7. The van der Waals surface area contributed by atoms with Crippen LogP contribution in [0.25, 0.3) is 33.4 Å². The molecule has 12 aliphatic rings. The number of carboxylic acids is 1. The Balaban J connectivity index is 0.000000166. The second-order valence-corrected chi connectivity index (χ2v) is 39.8. The van der Waals surface area contributed by atoms with Crippen molar-refractivity contribution < 1.29 is 88.6 Å². The van der Waals surface area contributed by atoms with Crippen LogP contribution in [0.5, 0.6) is 0 Å². The Labute approximate surface area is 758 Å². The van der Waals surface area contributed by atoms with Gasteiger partial charge in [0, 0.05) is 87.0 Å². The number of hydrogen-bond acceptors (Lipinski definition) is 20. The third kappa shape index (κ3) is 21.4. The smallest absolute Gasteiger partial charge is 0.335 e. The molecule has 0 spiro atoms. The second-order valence-electron chi connectivity index (χ2n) is 39.8. The molecule has 9 saturated carbocycles. The molecule has 14 N–H and O–H groups in total. The van der Waals surface area contributed by atoms with E-state index >= 15 is 0 Å². The highest BCUT2D eigenvalue weighted by Crippen LogP contribution is 2.64. The fraction of sp³-hybridized carbons (Fsp3) is 0.564. The lowest BCUT2D eigenvalue weighted by Gasteiger charge is -2.62. The maximum atomic E-state index is 14.0. The van der Waals surface area contributed by atoms with E-state index in [1.807, 2.05) is 115 Å². The summed E-state index contributed by atoms with van der Waals surface area (Å²) in [5.74, 6) is 0.526. The number of hydrogen-bond donors (Lipinski definition) is 14. The summed E-state index contributed by atoms with van der Waals surface area (Å²) in [4.78, 5) is 119. The zero-order valence-electron chi connectivity index (χ0n) is 77.0. The van der Waals surface area contributed by atoms with E-state index in [-0.39, 0.29) is 104 Å². The van der Waals surface area contributed by atoms with E-state index in [1.54, 1.807) is 66.3 Å². The average Bonchev–Trinajstić information content (AvgIpc) is 1.32. The molecule has 698 valence electrons. The first-order chi connectivity index (χ1) is 61.3. The molecular weight excluding hydrogens is 1640 g/mol. The van der Waals surface area contributed by atoms with Gasteiger partial charge in [-0.1, -0.05) is 153 Å². The van der Waals surface area contributed by atoms with Crippen molar-refractivity contribution in [1.29, 1.82) is 0 Å². The van der Waals surface area contributed by atoms with Gasteiger partial charge in [0.2, 0.25) is 29.5 Å². The Morgan fingerprint density at radius 2 is 0.636 bits per heavy atom. The van der Waals surface area contributed by atoms with Gasteiger partial charge in [-0.05, 0) is 233 Å². The summed E-state index contributed by atoms with van der Waals surface area (Å²) in [5.41, 5.74) is 9.87. The minimum atomic E-state index is -0.986. The summed E-state index contributed by atoms with van der Waals surface area (Å²) in [6, 6.07) is 42.6. The zero-order chi connectivity index (χ0) is 93.0. The fourth-order valence-electron chi connectivity index (χ4n) is 23.1. The van der Waals surface area contributed by atoms with Gasteiger partial charge >= 0.3 is 5.97 Å².